The zero-order chi connectivity index (χ0) is 14.1. The Morgan fingerprint density at radius 2 is 1.37 bits per heavy atom. The van der Waals surface area contributed by atoms with Crippen LogP contribution in [-0.2, 0) is 0 Å². The summed E-state index contributed by atoms with van der Waals surface area (Å²) in [7, 11) is 0. The molecule has 112 valence electrons. The molecule has 1 atom stereocenters. The number of hydrogen-bond acceptors (Lipinski definition) is 2. The fraction of sp³-hybridized carbons (Fsp3) is 0.882. The molecule has 0 spiro atoms. The van der Waals surface area contributed by atoms with E-state index in [1.807, 2.05) is 0 Å². The molecule has 0 aromatic rings. The Balaban J connectivity index is 2.26. The highest BCUT2D eigenvalue weighted by atomic mass is 15.4. The Kier molecular flexibility index (Phi) is 8.00. The van der Waals surface area contributed by atoms with Crippen LogP contribution in [0.15, 0.2) is 12.4 Å². The second-order valence-electron chi connectivity index (χ2n) is 6.20. The van der Waals surface area contributed by atoms with E-state index in [1.54, 1.807) is 0 Å². The molecule has 0 aromatic carbocycles. The van der Waals surface area contributed by atoms with Crippen molar-refractivity contribution in [3.63, 3.8) is 0 Å². The lowest BCUT2D eigenvalue weighted by Crippen LogP contribution is -2.43. The lowest BCUT2D eigenvalue weighted by atomic mass is 10.1. The molecule has 1 rings (SSSR count). The smallest absolute Gasteiger partial charge is 0.103 e. The van der Waals surface area contributed by atoms with E-state index >= 15 is 0 Å². The molecule has 0 fully saturated rings. The predicted molar refractivity (Wildman–Crippen MR) is 84.8 cm³/mol. The van der Waals surface area contributed by atoms with Crippen molar-refractivity contribution in [1.29, 1.82) is 0 Å². The quantitative estimate of drug-likeness (QED) is 0.523. The zero-order valence-electron chi connectivity index (χ0n) is 13.6. The molecule has 19 heavy (non-hydrogen) atoms. The molecule has 1 unspecified atom stereocenters. The Hall–Kier alpha value is -0.660. The van der Waals surface area contributed by atoms with E-state index in [1.165, 1.54) is 58.0 Å². The van der Waals surface area contributed by atoms with Gasteiger partial charge in [-0.25, -0.2) is 0 Å². The van der Waals surface area contributed by atoms with Gasteiger partial charge in [0.15, 0.2) is 0 Å². The molecule has 2 nitrogen and oxygen atoms in total. The Labute approximate surface area is 120 Å². The first-order valence-electron chi connectivity index (χ1n) is 8.40. The van der Waals surface area contributed by atoms with Crippen molar-refractivity contribution >= 4 is 0 Å². The van der Waals surface area contributed by atoms with Crippen LogP contribution in [-0.4, -0.2) is 29.1 Å². The average Bonchev–Trinajstić information content (AvgIpc) is 2.77. The van der Waals surface area contributed by atoms with Gasteiger partial charge in [-0.1, -0.05) is 59.8 Å². The van der Waals surface area contributed by atoms with Crippen molar-refractivity contribution in [2.45, 2.75) is 78.8 Å². The molecule has 1 heterocycles. The molecule has 0 N–H and O–H groups in total. The summed E-state index contributed by atoms with van der Waals surface area (Å²) in [6.45, 7) is 11.6. The van der Waals surface area contributed by atoms with Crippen molar-refractivity contribution in [2.24, 2.45) is 5.92 Å². The fourth-order valence-corrected chi connectivity index (χ4v) is 3.05. The maximum atomic E-state index is 2.56. The average molecular weight is 266 g/mol. The van der Waals surface area contributed by atoms with Gasteiger partial charge < -0.3 is 9.80 Å². The first-order valence-corrected chi connectivity index (χ1v) is 8.40. The molecule has 1 aliphatic rings. The molecular weight excluding hydrogens is 232 g/mol. The van der Waals surface area contributed by atoms with Crippen molar-refractivity contribution < 1.29 is 0 Å². The lowest BCUT2D eigenvalue weighted by Gasteiger charge is -2.35. The van der Waals surface area contributed by atoms with Crippen molar-refractivity contribution in [2.75, 3.05) is 13.1 Å². The zero-order valence-corrected chi connectivity index (χ0v) is 13.6. The van der Waals surface area contributed by atoms with E-state index in [0.717, 1.165) is 0 Å². The molecule has 0 bridgehead atoms. The molecule has 1 aliphatic heterocycles. The topological polar surface area (TPSA) is 6.48 Å². The van der Waals surface area contributed by atoms with Gasteiger partial charge in [-0.05, 0) is 18.8 Å². The van der Waals surface area contributed by atoms with Gasteiger partial charge >= 0.3 is 0 Å². The van der Waals surface area contributed by atoms with Crippen LogP contribution in [0.25, 0.3) is 0 Å². The van der Waals surface area contributed by atoms with Gasteiger partial charge in [0.05, 0.1) is 0 Å². The summed E-state index contributed by atoms with van der Waals surface area (Å²) in [5.41, 5.74) is 0. The van der Waals surface area contributed by atoms with Gasteiger partial charge in [0.25, 0.3) is 0 Å². The molecule has 0 aromatic heterocycles. The summed E-state index contributed by atoms with van der Waals surface area (Å²) in [6, 6.07) is 0. The number of rotatable bonds is 10. The SMILES string of the molecule is CCCCCCCCN1C=CN(CCC)C1C(C)C. The van der Waals surface area contributed by atoms with Crippen molar-refractivity contribution in [1.82, 2.24) is 9.80 Å². The maximum Gasteiger partial charge on any atom is 0.103 e. The highest BCUT2D eigenvalue weighted by Gasteiger charge is 2.27. The molecule has 0 amide bonds. The summed E-state index contributed by atoms with van der Waals surface area (Å²) < 4.78 is 0. The largest absolute Gasteiger partial charge is 0.356 e. The summed E-state index contributed by atoms with van der Waals surface area (Å²) >= 11 is 0. The Bertz CT molecular complexity index is 248. The molecule has 0 saturated carbocycles. The lowest BCUT2D eigenvalue weighted by molar-refractivity contribution is 0.106. The van der Waals surface area contributed by atoms with Crippen LogP contribution in [0.5, 0.6) is 0 Å². The van der Waals surface area contributed by atoms with Crippen molar-refractivity contribution in [3.8, 4) is 0 Å². The van der Waals surface area contributed by atoms with Gasteiger partial charge in [0.2, 0.25) is 0 Å². The van der Waals surface area contributed by atoms with E-state index in [0.29, 0.717) is 12.1 Å². The van der Waals surface area contributed by atoms with E-state index in [-0.39, 0.29) is 0 Å². The Morgan fingerprint density at radius 3 is 1.95 bits per heavy atom. The normalized spacial score (nSPS) is 18.9. The second kappa shape index (κ2) is 9.28. The van der Waals surface area contributed by atoms with Gasteiger partial charge in [-0.15, -0.1) is 0 Å². The summed E-state index contributed by atoms with van der Waals surface area (Å²) in [5, 5.41) is 0. The van der Waals surface area contributed by atoms with Crippen LogP contribution >= 0.6 is 0 Å². The van der Waals surface area contributed by atoms with E-state index in [2.05, 4.69) is 49.9 Å². The van der Waals surface area contributed by atoms with Gasteiger partial charge in [-0.3, -0.25) is 0 Å². The molecular formula is C17H34N2. The number of nitrogens with zero attached hydrogens (tertiary/aromatic N) is 2. The molecule has 0 aliphatic carbocycles. The first kappa shape index (κ1) is 16.4. The Morgan fingerprint density at radius 1 is 0.789 bits per heavy atom. The molecule has 0 radical (unpaired) electrons. The summed E-state index contributed by atoms with van der Waals surface area (Å²) in [5.74, 6) is 0.696. The number of hydrogen-bond donors (Lipinski definition) is 0. The highest BCUT2D eigenvalue weighted by molar-refractivity contribution is 4.97. The third-order valence-electron chi connectivity index (χ3n) is 3.98. The predicted octanol–water partition coefficient (Wildman–Crippen LogP) is 4.83. The summed E-state index contributed by atoms with van der Waals surface area (Å²) in [6.07, 6.45) is 14.8. The summed E-state index contributed by atoms with van der Waals surface area (Å²) in [4.78, 5) is 5.07. The molecule has 0 saturated heterocycles. The van der Waals surface area contributed by atoms with Gasteiger partial charge in [0.1, 0.15) is 6.17 Å². The molecule has 2 heteroatoms. The van der Waals surface area contributed by atoms with Crippen LogP contribution in [0.2, 0.25) is 0 Å². The fourth-order valence-electron chi connectivity index (χ4n) is 3.05. The van der Waals surface area contributed by atoms with E-state index in [4.69, 9.17) is 0 Å². The van der Waals surface area contributed by atoms with Crippen LogP contribution in [0.1, 0.15) is 72.6 Å². The third-order valence-corrected chi connectivity index (χ3v) is 3.98. The third kappa shape index (κ3) is 5.46. The van der Waals surface area contributed by atoms with Gasteiger partial charge in [0, 0.05) is 25.5 Å². The first-order chi connectivity index (χ1) is 9.20. The van der Waals surface area contributed by atoms with E-state index in [9.17, 15) is 0 Å². The highest BCUT2D eigenvalue weighted by Crippen LogP contribution is 2.23. The van der Waals surface area contributed by atoms with Crippen LogP contribution in [0.4, 0.5) is 0 Å². The van der Waals surface area contributed by atoms with Crippen LogP contribution < -0.4 is 0 Å². The van der Waals surface area contributed by atoms with E-state index < -0.39 is 0 Å². The monoisotopic (exact) mass is 266 g/mol. The minimum atomic E-state index is 0.593. The van der Waals surface area contributed by atoms with Crippen molar-refractivity contribution in [3.05, 3.63) is 12.4 Å². The standard InChI is InChI=1S/C17H34N2/c1-5-7-8-9-10-11-13-19-15-14-18(12-6-2)17(19)16(3)4/h14-17H,5-13H2,1-4H3. The minimum Gasteiger partial charge on any atom is -0.356 e. The van der Waals surface area contributed by atoms with Crippen LogP contribution in [0.3, 0.4) is 0 Å². The van der Waals surface area contributed by atoms with Gasteiger partial charge in [-0.2, -0.15) is 0 Å². The van der Waals surface area contributed by atoms with Crippen LogP contribution in [0, 0.1) is 5.92 Å². The minimum absolute atomic E-state index is 0.593. The second-order valence-corrected chi connectivity index (χ2v) is 6.20. The number of unbranched alkanes of at least 4 members (excludes halogenated alkanes) is 5. The maximum absolute atomic E-state index is 2.56.